The summed E-state index contributed by atoms with van der Waals surface area (Å²) in [6.07, 6.45) is 0. The molecule has 13 heavy (non-hydrogen) atoms. The fraction of sp³-hybridized carbons (Fsp3) is 0.364. The Kier molecular flexibility index (Phi) is 2.95. The first-order valence-electron chi connectivity index (χ1n) is 4.31. The lowest BCUT2D eigenvalue weighted by molar-refractivity contribution is 0.108. The predicted octanol–water partition coefficient (Wildman–Crippen LogP) is 2.29. The Bertz CT molecular complexity index is 306. The number of benzene rings is 1. The Morgan fingerprint density at radius 2 is 1.62 bits per heavy atom. The molecule has 2 heteroatoms. The molecule has 2 radical (unpaired) electrons. The maximum atomic E-state index is 11.0. The molecule has 0 aliphatic rings. The summed E-state index contributed by atoms with van der Waals surface area (Å²) in [4.78, 5) is 11.0. The highest BCUT2D eigenvalue weighted by molar-refractivity contribution is 6.62. The summed E-state index contributed by atoms with van der Waals surface area (Å²) in [5.74, 6) is 0. The van der Waals surface area contributed by atoms with Gasteiger partial charge in [-0.3, -0.25) is 0 Å². The number of carbonyl (C=O) groups is 1. The van der Waals surface area contributed by atoms with Crippen molar-refractivity contribution < 1.29 is 4.79 Å². The van der Waals surface area contributed by atoms with E-state index < -0.39 is 0 Å². The minimum atomic E-state index is 0.0421. The Hall–Kier alpha value is -0.578. The summed E-state index contributed by atoms with van der Waals surface area (Å²) in [6, 6.07) is 7.76. The van der Waals surface area contributed by atoms with Crippen LogP contribution in [0.2, 0.25) is 0 Å². The SMILES string of the molecule is CC(C)(C)c1ccc([C](=O)[Al])cc1. The molecule has 66 valence electrons. The fourth-order valence-electron chi connectivity index (χ4n) is 1.13. The Labute approximate surface area is 87.6 Å². The lowest BCUT2D eigenvalue weighted by Crippen LogP contribution is -2.11. The van der Waals surface area contributed by atoms with Gasteiger partial charge in [0.25, 0.3) is 16.3 Å². The molecule has 0 N–H and O–H groups in total. The van der Waals surface area contributed by atoms with Crippen LogP contribution in [0.4, 0.5) is 0 Å². The first-order chi connectivity index (χ1) is 5.91. The van der Waals surface area contributed by atoms with Crippen LogP contribution in [0.3, 0.4) is 0 Å². The van der Waals surface area contributed by atoms with Crippen LogP contribution in [-0.4, -0.2) is 20.9 Å². The highest BCUT2D eigenvalue weighted by Crippen LogP contribution is 2.21. The van der Waals surface area contributed by atoms with Crippen molar-refractivity contribution in [3.63, 3.8) is 0 Å². The van der Waals surface area contributed by atoms with Crippen molar-refractivity contribution in [2.45, 2.75) is 26.2 Å². The standard InChI is InChI=1S/C11H13O.Al/c1-11(2,3)10-6-4-9(8-12)5-7-10;/h4-7H,1-3H3;. The first kappa shape index (κ1) is 10.5. The third-order valence-corrected chi connectivity index (χ3v) is 2.37. The van der Waals surface area contributed by atoms with Crippen molar-refractivity contribution in [1.29, 1.82) is 0 Å². The molecule has 1 aromatic carbocycles. The number of rotatable bonds is 1. The van der Waals surface area contributed by atoms with E-state index in [1.54, 1.807) is 0 Å². The molecule has 0 amide bonds. The predicted molar refractivity (Wildman–Crippen MR) is 55.2 cm³/mol. The summed E-state index contributed by atoms with van der Waals surface area (Å²) in [6.45, 7) is 6.47. The van der Waals surface area contributed by atoms with Gasteiger partial charge < -0.3 is 4.79 Å². The van der Waals surface area contributed by atoms with E-state index in [0.717, 1.165) is 5.56 Å². The van der Waals surface area contributed by atoms with Gasteiger partial charge in [-0.05, 0) is 16.5 Å². The number of carbonyl (C=O) groups excluding carboxylic acids is 1. The monoisotopic (exact) mass is 188 g/mol. The second kappa shape index (κ2) is 3.66. The van der Waals surface area contributed by atoms with Gasteiger partial charge in [0.15, 0.2) is 0 Å². The molecule has 1 rings (SSSR count). The molecule has 0 aliphatic carbocycles. The van der Waals surface area contributed by atoms with Crippen LogP contribution in [0.25, 0.3) is 0 Å². The summed E-state index contributed by atoms with van der Waals surface area (Å²) in [5.41, 5.74) is 2.16. The summed E-state index contributed by atoms with van der Waals surface area (Å²) in [5, 5.41) is 0. The van der Waals surface area contributed by atoms with Crippen molar-refractivity contribution in [2.24, 2.45) is 0 Å². The van der Waals surface area contributed by atoms with E-state index in [9.17, 15) is 4.79 Å². The Balaban J connectivity index is 3.01. The molecule has 0 bridgehead atoms. The number of hydrogen-bond donors (Lipinski definition) is 0. The van der Waals surface area contributed by atoms with Crippen molar-refractivity contribution in [1.82, 2.24) is 0 Å². The fourth-order valence-corrected chi connectivity index (χ4v) is 1.33. The second-order valence-corrected chi connectivity index (χ2v) is 4.72. The van der Waals surface area contributed by atoms with Crippen molar-refractivity contribution in [2.75, 3.05) is 0 Å². The molecular formula is C11H13AlO. The van der Waals surface area contributed by atoms with Gasteiger partial charge in [-0.25, -0.2) is 0 Å². The first-order valence-corrected chi connectivity index (χ1v) is 4.89. The average molecular weight is 188 g/mol. The molecule has 1 aromatic rings. The van der Waals surface area contributed by atoms with Gasteiger partial charge in [0, 0.05) is 0 Å². The van der Waals surface area contributed by atoms with Crippen LogP contribution in [0.15, 0.2) is 24.3 Å². The van der Waals surface area contributed by atoms with Gasteiger partial charge in [-0.1, -0.05) is 45.0 Å². The molecule has 0 unspecified atom stereocenters. The normalized spacial score (nSPS) is 11.3. The van der Waals surface area contributed by atoms with Crippen LogP contribution < -0.4 is 0 Å². The van der Waals surface area contributed by atoms with Crippen molar-refractivity contribution >= 4 is 20.9 Å². The van der Waals surface area contributed by atoms with Crippen molar-refractivity contribution in [3.8, 4) is 0 Å². The van der Waals surface area contributed by atoms with Crippen molar-refractivity contribution in [3.05, 3.63) is 35.4 Å². The van der Waals surface area contributed by atoms with Crippen LogP contribution >= 0.6 is 0 Å². The van der Waals surface area contributed by atoms with E-state index >= 15 is 0 Å². The highest BCUT2D eigenvalue weighted by Gasteiger charge is 2.12. The molecule has 1 nitrogen and oxygen atoms in total. The van der Waals surface area contributed by atoms with E-state index in [1.807, 2.05) is 24.3 Å². The van der Waals surface area contributed by atoms with Gasteiger partial charge >= 0.3 is 0 Å². The number of hydrogen-bond acceptors (Lipinski definition) is 1. The lowest BCUT2D eigenvalue weighted by Gasteiger charge is -2.18. The van der Waals surface area contributed by atoms with E-state index in [1.165, 1.54) is 5.56 Å². The third kappa shape index (κ3) is 2.69. The van der Waals surface area contributed by atoms with Gasteiger partial charge in [0.2, 0.25) is 0 Å². The van der Waals surface area contributed by atoms with E-state index in [4.69, 9.17) is 0 Å². The lowest BCUT2D eigenvalue weighted by atomic mass is 9.87. The summed E-state index contributed by atoms with van der Waals surface area (Å²) in [7, 11) is 0. The molecule has 0 atom stereocenters. The summed E-state index contributed by atoms with van der Waals surface area (Å²) < 4.78 is 0.0421. The average Bonchev–Trinajstić information content (AvgIpc) is 2.03. The highest BCUT2D eigenvalue weighted by atomic mass is 27.0. The second-order valence-electron chi connectivity index (χ2n) is 4.19. The quantitative estimate of drug-likeness (QED) is 0.618. The van der Waals surface area contributed by atoms with Gasteiger partial charge in [0.05, 0.1) is 4.65 Å². The van der Waals surface area contributed by atoms with Gasteiger partial charge in [0.1, 0.15) is 0 Å². The molecule has 0 aliphatic heterocycles. The van der Waals surface area contributed by atoms with E-state index in [-0.39, 0.29) is 10.1 Å². The maximum Gasteiger partial charge on any atom is 0.250 e. The third-order valence-electron chi connectivity index (χ3n) is 2.04. The topological polar surface area (TPSA) is 17.1 Å². The Morgan fingerprint density at radius 1 is 1.15 bits per heavy atom. The zero-order valence-electron chi connectivity index (χ0n) is 8.29. The zero-order chi connectivity index (χ0) is 10.1. The summed E-state index contributed by atoms with van der Waals surface area (Å²) >= 11 is 2.18. The largest absolute Gasteiger partial charge is 0.318 e. The zero-order valence-corrected chi connectivity index (χ0v) is 9.45. The molecule has 0 fully saturated rings. The van der Waals surface area contributed by atoms with Crippen LogP contribution in [0.1, 0.15) is 36.7 Å². The van der Waals surface area contributed by atoms with Crippen LogP contribution in [-0.2, 0) is 5.41 Å². The molecule has 0 saturated carbocycles. The molecule has 0 heterocycles. The molecular weight excluding hydrogens is 175 g/mol. The molecule has 0 aromatic heterocycles. The minimum Gasteiger partial charge on any atom is -0.318 e. The van der Waals surface area contributed by atoms with Gasteiger partial charge in [-0.15, -0.1) is 0 Å². The Morgan fingerprint density at radius 3 is 1.92 bits per heavy atom. The van der Waals surface area contributed by atoms with Crippen LogP contribution in [0.5, 0.6) is 0 Å². The maximum absolute atomic E-state index is 11.0. The molecule has 0 saturated heterocycles. The van der Waals surface area contributed by atoms with Gasteiger partial charge in [-0.2, -0.15) is 0 Å². The van der Waals surface area contributed by atoms with Crippen LogP contribution in [0, 0.1) is 0 Å². The minimum absolute atomic E-state index is 0.0421. The molecule has 0 spiro atoms. The van der Waals surface area contributed by atoms with E-state index in [2.05, 4.69) is 37.1 Å². The van der Waals surface area contributed by atoms with E-state index in [0.29, 0.717) is 0 Å². The smallest absolute Gasteiger partial charge is 0.250 e.